The molecule has 2 aliphatic rings. The molecule has 26 N–H and O–H groups in total. The third kappa shape index (κ3) is 30.9. The van der Waals surface area contributed by atoms with Crippen LogP contribution in [0.25, 0.3) is 21.7 Å². The lowest BCUT2D eigenvalue weighted by atomic mass is 9.87. The number of benzene rings is 4. The van der Waals surface area contributed by atoms with Gasteiger partial charge in [-0.15, -0.1) is 0 Å². The standard InChI is InChI=1S/C85H110N20O22S/c1-45-8-6-12-55-53(43-93-71(45)55)40-63-79(120)96-56(19-22-66(87)108)74(115)102-65(44-128-35-26-59(94-47(3)107)76(117)95-57(20-23-67(88)109)77(118)104-72(46(2)106)83(124)101-63)81(122)98-61(37-48-14-17-54(18-15-48)127-34-29-86)78(119)99-62(38-49-13-16-51-10-4-5-11-52(51)36-49)82(123)105-85(27-32-126-33-28-85)84(125)103-58(21-24-70(112)113)75(116)100-64(41-69(90)111)80(121)97-60(39-50-9-7-30-91-42-50)73(114)92-31-25-68(89)110/h4-18,30,36,42-43,46,56-65,72,93,106H,19-29,31-35,37-41,44,86H2,1-3H3,(H2,87,108)(H2,88,109)(H2,89,110)(H2,90,111)(H,92,114)(H,94,107)(H,95,117)(H,96,120)(H,97,121)(H,98,122)(H,99,119)(H,100,116)(H,101,124)(H,102,115)(H,103,125)(H,104,118)(H,105,123)(H,112,113)/t46-,56+,57+,58+,59+,60+,61+,62+,63+,64+,65+,72+/m1/s1. The average Bonchev–Trinajstić information content (AvgIpc) is 1.48. The SMILES string of the molecule is CC(=O)N[C@H]1CCSC[C@@H](C(=O)N[C@@H](Cc2ccc(OCCN)cc2)C(=O)N[C@@H](Cc2ccc3ccccc3c2)C(=O)NC2(C(=O)N[C@@H](CCC(=O)O)C(=O)N[C@@H](CC(N)=O)C(=O)N[C@@H](Cc3cccnc3)C(=O)NCCC(N)=O)CCOCC2)NC(=O)[C@H](CCC(N)=O)NC(=O)[C@H](Cc2c[nH]c3c(C)cccc23)NC(=O)[C@H]([C@@H](C)O)NC(=O)[C@H](CCC(N)=O)NC1=O. The maximum Gasteiger partial charge on any atom is 0.303 e. The lowest BCUT2D eigenvalue weighted by molar-refractivity contribution is -0.142. The molecule has 6 aromatic rings. The predicted octanol–water partition coefficient (Wildman–Crippen LogP) is -4.57. The third-order valence-electron chi connectivity index (χ3n) is 21.1. The van der Waals surface area contributed by atoms with Gasteiger partial charge in [0.25, 0.3) is 0 Å². The lowest BCUT2D eigenvalue weighted by Gasteiger charge is -2.38. The van der Waals surface area contributed by atoms with E-state index in [2.05, 4.69) is 79.1 Å². The molecular weight excluding hydrogens is 1690 g/mol. The van der Waals surface area contributed by atoms with E-state index >= 15 is 28.8 Å². The Bertz CT molecular complexity index is 5010. The van der Waals surface area contributed by atoms with Crippen LogP contribution >= 0.6 is 11.8 Å². The van der Waals surface area contributed by atoms with Crippen LogP contribution in [0.2, 0.25) is 0 Å². The van der Waals surface area contributed by atoms with Crippen LogP contribution in [0.15, 0.2) is 116 Å². The molecule has 4 aromatic carbocycles. The van der Waals surface area contributed by atoms with E-state index in [1.54, 1.807) is 91.1 Å². The summed E-state index contributed by atoms with van der Waals surface area (Å²) in [5.74, 6) is -19.3. The van der Waals surface area contributed by atoms with Gasteiger partial charge in [0.05, 0.1) is 12.5 Å². The molecule has 128 heavy (non-hydrogen) atoms. The molecule has 0 radical (unpaired) electrons. The maximum atomic E-state index is 15.8. The number of nitrogens with zero attached hydrogens (tertiary/aromatic N) is 1. The van der Waals surface area contributed by atoms with Crippen molar-refractivity contribution in [1.82, 2.24) is 79.1 Å². The molecule has 17 amide bonds. The minimum Gasteiger partial charge on any atom is -0.492 e. The number of aliphatic hydroxyl groups excluding tert-OH is 1. The van der Waals surface area contributed by atoms with Crippen molar-refractivity contribution in [1.29, 1.82) is 0 Å². The number of rotatable bonds is 40. The molecule has 2 saturated heterocycles. The predicted molar refractivity (Wildman–Crippen MR) is 463 cm³/mol. The number of thioether (sulfide) groups is 1. The third-order valence-corrected chi connectivity index (χ3v) is 22.2. The first kappa shape index (κ1) is 99.7. The number of nitrogens with two attached hydrogens (primary N) is 5. The number of hydrogen-bond acceptors (Lipinski definition) is 24. The summed E-state index contributed by atoms with van der Waals surface area (Å²) in [4.78, 5) is 260. The van der Waals surface area contributed by atoms with E-state index in [0.717, 1.165) is 36.6 Å². The molecule has 0 saturated carbocycles. The number of pyridine rings is 1. The van der Waals surface area contributed by atoms with Crippen LogP contribution in [0, 0.1) is 6.92 Å². The number of ether oxygens (including phenoxy) is 2. The summed E-state index contributed by atoms with van der Waals surface area (Å²) in [5, 5.41) is 56.5. The quantitative estimate of drug-likeness (QED) is 0.0172. The summed E-state index contributed by atoms with van der Waals surface area (Å²) in [6.45, 7) is 3.58. The molecule has 4 heterocycles. The number of primary amides is 4. The van der Waals surface area contributed by atoms with Gasteiger partial charge in [-0.05, 0) is 102 Å². The first-order valence-electron chi connectivity index (χ1n) is 41.4. The number of carbonyl (C=O) groups excluding carboxylic acids is 17. The van der Waals surface area contributed by atoms with E-state index in [1.165, 1.54) is 12.4 Å². The van der Waals surface area contributed by atoms with Crippen LogP contribution in [-0.4, -0.2) is 249 Å². The summed E-state index contributed by atoms with van der Waals surface area (Å²) in [5.41, 5.74) is 28.8. The van der Waals surface area contributed by atoms with Crippen LogP contribution in [0.1, 0.15) is 112 Å². The second kappa shape index (κ2) is 48.7. The molecule has 0 bridgehead atoms. The molecule has 0 spiro atoms. The van der Waals surface area contributed by atoms with Gasteiger partial charge in [0.15, 0.2) is 0 Å². The molecule has 0 aliphatic carbocycles. The molecule has 2 aliphatic heterocycles. The highest BCUT2D eigenvalue weighted by molar-refractivity contribution is 7.99. The van der Waals surface area contributed by atoms with Crippen LogP contribution in [0.4, 0.5) is 0 Å². The highest BCUT2D eigenvalue weighted by atomic mass is 32.2. The van der Waals surface area contributed by atoms with Crippen LogP contribution in [0.3, 0.4) is 0 Å². The number of H-pyrrole nitrogens is 1. The van der Waals surface area contributed by atoms with Crippen molar-refractivity contribution < 1.29 is 106 Å². The van der Waals surface area contributed by atoms with Crippen molar-refractivity contribution in [3.8, 4) is 5.75 Å². The van der Waals surface area contributed by atoms with Crippen molar-refractivity contribution in [3.05, 3.63) is 143 Å². The topological polar surface area (TPSA) is 681 Å². The van der Waals surface area contributed by atoms with Crippen LogP contribution in [0.5, 0.6) is 5.75 Å². The van der Waals surface area contributed by atoms with E-state index in [1.807, 2.05) is 19.1 Å². The molecule has 688 valence electrons. The van der Waals surface area contributed by atoms with E-state index in [4.69, 9.17) is 38.1 Å². The number of aromatic nitrogens is 2. The number of aromatic amines is 1. The van der Waals surface area contributed by atoms with E-state index < -0.39 is 242 Å². The smallest absolute Gasteiger partial charge is 0.303 e. The fourth-order valence-corrected chi connectivity index (χ4v) is 15.3. The number of fused-ring (bicyclic) bond motifs is 2. The molecule has 8 rings (SSSR count). The lowest BCUT2D eigenvalue weighted by Crippen LogP contribution is -2.67. The Morgan fingerprint density at radius 2 is 1.20 bits per heavy atom. The minimum atomic E-state index is -2.09. The van der Waals surface area contributed by atoms with Gasteiger partial charge in [-0.3, -0.25) is 91.3 Å². The van der Waals surface area contributed by atoms with Crippen LogP contribution < -0.4 is 103 Å². The summed E-state index contributed by atoms with van der Waals surface area (Å²) in [7, 11) is 0. The molecule has 42 nitrogen and oxygen atoms in total. The largest absolute Gasteiger partial charge is 0.492 e. The first-order chi connectivity index (χ1) is 61.0. The summed E-state index contributed by atoms with van der Waals surface area (Å²) in [6.07, 6.45) is -4.41. The molecule has 2 aromatic heterocycles. The zero-order valence-electron chi connectivity index (χ0n) is 70.8. The van der Waals surface area contributed by atoms with Gasteiger partial charge in [0, 0.05) is 133 Å². The number of nitrogens with one attached hydrogen (secondary N) is 14. The molecule has 2 fully saturated rings. The normalized spacial score (nSPS) is 19.1. The highest BCUT2D eigenvalue weighted by Gasteiger charge is 2.46. The van der Waals surface area contributed by atoms with Crippen molar-refractivity contribution in [2.45, 2.75) is 195 Å². The number of hydrogen-bond donors (Lipinski definition) is 21. The van der Waals surface area contributed by atoms with Gasteiger partial charge < -0.3 is 122 Å². The number of aryl methyl sites for hydroxylation is 1. The van der Waals surface area contributed by atoms with Gasteiger partial charge in [-0.2, -0.15) is 11.8 Å². The second-order valence-corrected chi connectivity index (χ2v) is 32.3. The number of aliphatic hydroxyl groups is 1. The highest BCUT2D eigenvalue weighted by Crippen LogP contribution is 2.27. The van der Waals surface area contributed by atoms with Crippen molar-refractivity contribution in [2.24, 2.45) is 28.7 Å². The minimum absolute atomic E-state index is 0.0995. The van der Waals surface area contributed by atoms with Gasteiger partial charge in [-0.1, -0.05) is 78.9 Å². The van der Waals surface area contributed by atoms with Gasteiger partial charge >= 0.3 is 5.97 Å². The Morgan fingerprint density at radius 3 is 1.84 bits per heavy atom. The Morgan fingerprint density at radius 1 is 0.609 bits per heavy atom. The zero-order valence-corrected chi connectivity index (χ0v) is 71.6. The first-order valence-corrected chi connectivity index (χ1v) is 42.6. The Kier molecular flexibility index (Phi) is 38.0. The zero-order chi connectivity index (χ0) is 93.3. The van der Waals surface area contributed by atoms with Crippen molar-refractivity contribution >= 4 is 140 Å². The molecule has 43 heteroatoms. The average molecular weight is 1800 g/mol. The number of aliphatic carboxylic acids is 1. The number of para-hydroxylation sites is 1. The van der Waals surface area contributed by atoms with Crippen LogP contribution in [-0.2, 0) is 117 Å². The Balaban J connectivity index is 1.17. The van der Waals surface area contributed by atoms with Crippen molar-refractivity contribution in [2.75, 3.05) is 44.4 Å². The number of carboxylic acid groups (broad SMARTS) is 1. The van der Waals surface area contributed by atoms with Gasteiger partial charge in [0.1, 0.15) is 84.4 Å². The Hall–Kier alpha value is -13.7. The number of amides is 17. The van der Waals surface area contributed by atoms with Crippen molar-refractivity contribution in [3.63, 3.8) is 0 Å². The summed E-state index contributed by atoms with van der Waals surface area (Å²) >= 11 is 0.909. The fraction of sp³-hybridized carbons (Fsp3) is 0.447. The van der Waals surface area contributed by atoms with E-state index in [0.29, 0.717) is 44.3 Å². The summed E-state index contributed by atoms with van der Waals surface area (Å²) in [6, 6.07) is 7.80. The maximum absolute atomic E-state index is 15.8. The summed E-state index contributed by atoms with van der Waals surface area (Å²) < 4.78 is 11.4. The molecular formula is C85H110N20O22S. The van der Waals surface area contributed by atoms with Gasteiger partial charge in [-0.25, -0.2) is 0 Å². The molecule has 0 unspecified atom stereocenters. The number of carboxylic acids is 1. The van der Waals surface area contributed by atoms with E-state index in [9.17, 15) is 67.7 Å². The van der Waals surface area contributed by atoms with E-state index in [-0.39, 0.29) is 83.6 Å². The fourth-order valence-electron chi connectivity index (χ4n) is 14.2. The second-order valence-electron chi connectivity index (χ2n) is 31.1. The monoisotopic (exact) mass is 1790 g/mol. The van der Waals surface area contributed by atoms with Gasteiger partial charge in [0.2, 0.25) is 100 Å². The number of carbonyl (C=O) groups is 18. The Labute approximate surface area is 739 Å². The molecule has 12 atom stereocenters.